The fraction of sp³-hybridized carbons (Fsp3) is 0.333. The summed E-state index contributed by atoms with van der Waals surface area (Å²) in [6.45, 7) is 2.11. The first-order valence-electron chi connectivity index (χ1n) is 7.27. The minimum Gasteiger partial charge on any atom is -0.490 e. The van der Waals surface area contributed by atoms with Gasteiger partial charge in [-0.25, -0.2) is 0 Å². The van der Waals surface area contributed by atoms with Crippen LogP contribution >= 0.6 is 0 Å². The van der Waals surface area contributed by atoms with E-state index in [1.54, 1.807) is 0 Å². The highest BCUT2D eigenvalue weighted by atomic mass is 16.5. The van der Waals surface area contributed by atoms with Crippen LogP contribution in [0.3, 0.4) is 0 Å². The van der Waals surface area contributed by atoms with Gasteiger partial charge in [-0.15, -0.1) is 0 Å². The Morgan fingerprint density at radius 1 is 0.950 bits per heavy atom. The van der Waals surface area contributed by atoms with Gasteiger partial charge < -0.3 is 10.1 Å². The van der Waals surface area contributed by atoms with Crippen LogP contribution < -0.4 is 10.1 Å². The normalized spacial score (nSPS) is 15.9. The molecule has 1 atom stereocenters. The summed E-state index contributed by atoms with van der Waals surface area (Å²) in [6, 6.07) is 17.4. The maximum atomic E-state index is 5.79. The van der Waals surface area contributed by atoms with E-state index in [-0.39, 0.29) is 6.04 Å². The smallest absolute Gasteiger partial charge is 0.119 e. The van der Waals surface area contributed by atoms with Crippen LogP contribution in [0.25, 0.3) is 0 Å². The standard InChI is InChI=1S/C18H21NO/c1-13-3-5-14(6-4-13)18(19-2)15-7-9-16(10-8-15)20-17-11-12-17/h3-10,17-19H,11-12H2,1-2H3. The first-order valence-corrected chi connectivity index (χ1v) is 7.27. The van der Waals surface area contributed by atoms with E-state index < -0.39 is 0 Å². The van der Waals surface area contributed by atoms with Crippen LogP contribution in [0.1, 0.15) is 35.6 Å². The third kappa shape index (κ3) is 3.02. The summed E-state index contributed by atoms with van der Waals surface area (Å²) in [4.78, 5) is 0. The molecule has 1 N–H and O–H groups in total. The molecule has 0 saturated heterocycles. The van der Waals surface area contributed by atoms with Gasteiger partial charge in [0.05, 0.1) is 12.1 Å². The largest absolute Gasteiger partial charge is 0.490 e. The van der Waals surface area contributed by atoms with Crippen LogP contribution in [0.4, 0.5) is 0 Å². The molecule has 1 aliphatic rings. The number of hydrogen-bond acceptors (Lipinski definition) is 2. The Hall–Kier alpha value is -1.80. The molecule has 104 valence electrons. The fourth-order valence-electron chi connectivity index (χ4n) is 2.40. The van der Waals surface area contributed by atoms with Crippen molar-refractivity contribution in [3.63, 3.8) is 0 Å². The SMILES string of the molecule is CNC(c1ccc(C)cc1)c1ccc(OC2CC2)cc1. The van der Waals surface area contributed by atoms with E-state index in [0.29, 0.717) is 6.10 Å². The summed E-state index contributed by atoms with van der Waals surface area (Å²) in [5.74, 6) is 0.981. The molecule has 1 aliphatic carbocycles. The summed E-state index contributed by atoms with van der Waals surface area (Å²) >= 11 is 0. The monoisotopic (exact) mass is 267 g/mol. The van der Waals surface area contributed by atoms with Crippen LogP contribution in [0.15, 0.2) is 48.5 Å². The maximum absolute atomic E-state index is 5.79. The molecule has 1 saturated carbocycles. The highest BCUT2D eigenvalue weighted by molar-refractivity contribution is 5.36. The Morgan fingerprint density at radius 3 is 2.00 bits per heavy atom. The van der Waals surface area contributed by atoms with E-state index in [2.05, 4.69) is 60.8 Å². The maximum Gasteiger partial charge on any atom is 0.119 e. The summed E-state index contributed by atoms with van der Waals surface area (Å²) in [5.41, 5.74) is 3.84. The zero-order chi connectivity index (χ0) is 13.9. The van der Waals surface area contributed by atoms with Gasteiger partial charge in [-0.05, 0) is 50.1 Å². The van der Waals surface area contributed by atoms with E-state index >= 15 is 0 Å². The lowest BCUT2D eigenvalue weighted by molar-refractivity contribution is 0.303. The second kappa shape index (κ2) is 5.68. The molecule has 0 heterocycles. The van der Waals surface area contributed by atoms with E-state index in [4.69, 9.17) is 4.74 Å². The van der Waals surface area contributed by atoms with Gasteiger partial charge in [0.2, 0.25) is 0 Å². The minimum atomic E-state index is 0.227. The van der Waals surface area contributed by atoms with Crippen molar-refractivity contribution in [2.24, 2.45) is 0 Å². The van der Waals surface area contributed by atoms with Crippen LogP contribution in [0.5, 0.6) is 5.75 Å². The van der Waals surface area contributed by atoms with Crippen LogP contribution in [0.2, 0.25) is 0 Å². The Labute approximate surface area is 120 Å². The second-order valence-electron chi connectivity index (χ2n) is 5.52. The predicted octanol–water partition coefficient (Wildman–Crippen LogP) is 3.85. The lowest BCUT2D eigenvalue weighted by Gasteiger charge is -2.18. The summed E-state index contributed by atoms with van der Waals surface area (Å²) in [7, 11) is 2.00. The zero-order valence-corrected chi connectivity index (χ0v) is 12.1. The Balaban J connectivity index is 1.79. The van der Waals surface area contributed by atoms with Gasteiger partial charge >= 0.3 is 0 Å². The molecule has 1 fully saturated rings. The number of nitrogens with one attached hydrogen (secondary N) is 1. The van der Waals surface area contributed by atoms with Gasteiger partial charge in [0, 0.05) is 0 Å². The van der Waals surface area contributed by atoms with Gasteiger partial charge in [-0.2, -0.15) is 0 Å². The van der Waals surface area contributed by atoms with Crippen molar-refractivity contribution < 1.29 is 4.74 Å². The summed E-state index contributed by atoms with van der Waals surface area (Å²) in [5, 5.41) is 3.39. The van der Waals surface area contributed by atoms with Crippen LogP contribution in [-0.2, 0) is 0 Å². The number of rotatable bonds is 5. The molecule has 0 spiro atoms. The van der Waals surface area contributed by atoms with Crippen molar-refractivity contribution in [3.05, 3.63) is 65.2 Å². The van der Waals surface area contributed by atoms with Gasteiger partial charge in [0.25, 0.3) is 0 Å². The first-order chi connectivity index (χ1) is 9.76. The molecule has 0 radical (unpaired) electrons. The molecule has 20 heavy (non-hydrogen) atoms. The Bertz CT molecular complexity index is 555. The van der Waals surface area contributed by atoms with Crippen molar-refractivity contribution in [2.75, 3.05) is 7.05 Å². The van der Waals surface area contributed by atoms with Crippen molar-refractivity contribution in [1.82, 2.24) is 5.32 Å². The second-order valence-corrected chi connectivity index (χ2v) is 5.52. The van der Waals surface area contributed by atoms with Crippen molar-refractivity contribution >= 4 is 0 Å². The van der Waals surface area contributed by atoms with E-state index in [1.807, 2.05) is 7.05 Å². The number of benzene rings is 2. The molecule has 2 aromatic carbocycles. The quantitative estimate of drug-likeness (QED) is 0.888. The number of aryl methyl sites for hydroxylation is 1. The average Bonchev–Trinajstić information content (AvgIpc) is 3.27. The lowest BCUT2D eigenvalue weighted by atomic mass is 9.98. The topological polar surface area (TPSA) is 21.3 Å². The third-order valence-corrected chi connectivity index (χ3v) is 3.74. The molecule has 0 aromatic heterocycles. The lowest BCUT2D eigenvalue weighted by Crippen LogP contribution is -2.17. The molecule has 2 nitrogen and oxygen atoms in total. The first kappa shape index (κ1) is 13.2. The Morgan fingerprint density at radius 2 is 1.50 bits per heavy atom. The van der Waals surface area contributed by atoms with E-state index in [1.165, 1.54) is 29.5 Å². The molecular weight excluding hydrogens is 246 g/mol. The van der Waals surface area contributed by atoms with E-state index in [9.17, 15) is 0 Å². The van der Waals surface area contributed by atoms with Crippen LogP contribution in [0, 0.1) is 6.92 Å². The molecule has 2 aromatic rings. The van der Waals surface area contributed by atoms with Crippen molar-refractivity contribution in [1.29, 1.82) is 0 Å². The summed E-state index contributed by atoms with van der Waals surface area (Å²) < 4.78 is 5.79. The third-order valence-electron chi connectivity index (χ3n) is 3.74. The molecule has 2 heteroatoms. The van der Waals surface area contributed by atoms with Gasteiger partial charge in [0.1, 0.15) is 5.75 Å². The summed E-state index contributed by atoms with van der Waals surface area (Å²) in [6.07, 6.45) is 2.85. The molecular formula is C18H21NO. The molecule has 0 aliphatic heterocycles. The van der Waals surface area contributed by atoms with Gasteiger partial charge in [0.15, 0.2) is 0 Å². The predicted molar refractivity (Wildman–Crippen MR) is 82.2 cm³/mol. The van der Waals surface area contributed by atoms with E-state index in [0.717, 1.165) is 5.75 Å². The van der Waals surface area contributed by atoms with Crippen LogP contribution in [-0.4, -0.2) is 13.2 Å². The van der Waals surface area contributed by atoms with Crippen molar-refractivity contribution in [3.8, 4) is 5.75 Å². The Kier molecular flexibility index (Phi) is 3.75. The van der Waals surface area contributed by atoms with Gasteiger partial charge in [-0.1, -0.05) is 42.0 Å². The number of ether oxygens (including phenoxy) is 1. The zero-order valence-electron chi connectivity index (χ0n) is 12.1. The molecule has 3 rings (SSSR count). The highest BCUT2D eigenvalue weighted by Crippen LogP contribution is 2.28. The highest BCUT2D eigenvalue weighted by Gasteiger charge is 2.23. The molecule has 1 unspecified atom stereocenters. The van der Waals surface area contributed by atoms with Gasteiger partial charge in [-0.3, -0.25) is 0 Å². The minimum absolute atomic E-state index is 0.227. The fourth-order valence-corrected chi connectivity index (χ4v) is 2.40. The average molecular weight is 267 g/mol. The molecule has 0 bridgehead atoms. The number of hydrogen-bond donors (Lipinski definition) is 1. The molecule has 0 amide bonds. The van der Waals surface area contributed by atoms with Crippen molar-refractivity contribution in [2.45, 2.75) is 31.9 Å².